The van der Waals surface area contributed by atoms with Gasteiger partial charge in [-0.3, -0.25) is 0 Å². The minimum Gasteiger partial charge on any atom is -0.393 e. The van der Waals surface area contributed by atoms with E-state index < -0.39 is 0 Å². The third-order valence-electron chi connectivity index (χ3n) is 3.72. The number of hydrogen-bond donors (Lipinski definition) is 3. The van der Waals surface area contributed by atoms with Gasteiger partial charge in [0.25, 0.3) is 0 Å². The monoisotopic (exact) mass is 331 g/mol. The molecule has 0 saturated heterocycles. The first kappa shape index (κ1) is 17.9. The van der Waals surface area contributed by atoms with Gasteiger partial charge in [0.2, 0.25) is 0 Å². The minimum atomic E-state index is -0.364. The summed E-state index contributed by atoms with van der Waals surface area (Å²) < 4.78 is 1.79. The lowest BCUT2D eigenvalue weighted by Crippen LogP contribution is -2.36. The first-order valence-corrected chi connectivity index (χ1v) is 8.18. The van der Waals surface area contributed by atoms with Gasteiger partial charge in [0, 0.05) is 25.0 Å². The van der Waals surface area contributed by atoms with Crippen molar-refractivity contribution >= 4 is 6.03 Å². The second kappa shape index (κ2) is 8.44. The van der Waals surface area contributed by atoms with E-state index in [1.54, 1.807) is 10.9 Å². The highest BCUT2D eigenvalue weighted by atomic mass is 16.3. The van der Waals surface area contributed by atoms with Crippen molar-refractivity contribution in [2.24, 2.45) is 0 Å². The van der Waals surface area contributed by atoms with Crippen molar-refractivity contribution in [2.75, 3.05) is 6.54 Å². The van der Waals surface area contributed by atoms with Crippen LogP contribution in [0.25, 0.3) is 5.82 Å². The zero-order valence-corrected chi connectivity index (χ0v) is 14.4. The third-order valence-corrected chi connectivity index (χ3v) is 3.72. The Morgan fingerprint density at radius 3 is 2.71 bits per heavy atom. The van der Waals surface area contributed by atoms with Crippen molar-refractivity contribution in [1.29, 1.82) is 0 Å². The van der Waals surface area contributed by atoms with E-state index in [0.29, 0.717) is 25.9 Å². The standard InChI is InChI=1S/C17H25N5O2/c1-4-15(23)7-8-18-17(24)20-11-14-5-6-16(19-10-14)22-13(3)9-12(2)21-22/h5-6,9-10,15,23H,4,7-8,11H2,1-3H3,(H2,18,20,24). The molecule has 24 heavy (non-hydrogen) atoms. The summed E-state index contributed by atoms with van der Waals surface area (Å²) in [5.74, 6) is 0.752. The molecule has 7 heteroatoms. The summed E-state index contributed by atoms with van der Waals surface area (Å²) in [4.78, 5) is 16.1. The number of aromatic nitrogens is 3. The lowest BCUT2D eigenvalue weighted by molar-refractivity contribution is 0.160. The molecular weight excluding hydrogens is 306 g/mol. The number of nitrogens with one attached hydrogen (secondary N) is 2. The number of carbonyl (C=O) groups excluding carboxylic acids is 1. The van der Waals surface area contributed by atoms with Crippen LogP contribution in [0.2, 0.25) is 0 Å². The Balaban J connectivity index is 1.82. The maximum atomic E-state index is 11.7. The molecule has 0 radical (unpaired) electrons. The fourth-order valence-corrected chi connectivity index (χ4v) is 2.31. The Morgan fingerprint density at radius 2 is 2.12 bits per heavy atom. The number of aryl methyl sites for hydroxylation is 2. The number of amides is 2. The van der Waals surface area contributed by atoms with Crippen molar-refractivity contribution in [3.05, 3.63) is 41.3 Å². The zero-order valence-electron chi connectivity index (χ0n) is 14.4. The van der Waals surface area contributed by atoms with E-state index in [1.807, 2.05) is 39.0 Å². The summed E-state index contributed by atoms with van der Waals surface area (Å²) in [5, 5.41) is 19.3. The smallest absolute Gasteiger partial charge is 0.315 e. The lowest BCUT2D eigenvalue weighted by Gasteiger charge is -2.10. The molecule has 0 spiro atoms. The van der Waals surface area contributed by atoms with E-state index in [-0.39, 0.29) is 12.1 Å². The van der Waals surface area contributed by atoms with Crippen LogP contribution >= 0.6 is 0 Å². The molecule has 3 N–H and O–H groups in total. The topological polar surface area (TPSA) is 92.1 Å². The van der Waals surface area contributed by atoms with Crippen LogP contribution in [0.1, 0.15) is 36.7 Å². The number of nitrogens with zero attached hydrogens (tertiary/aromatic N) is 3. The molecule has 0 fully saturated rings. The molecule has 0 aromatic carbocycles. The van der Waals surface area contributed by atoms with Gasteiger partial charge in [-0.15, -0.1) is 0 Å². The molecular formula is C17H25N5O2. The molecule has 0 saturated carbocycles. The third kappa shape index (κ3) is 5.06. The van der Waals surface area contributed by atoms with Crippen molar-refractivity contribution in [2.45, 2.75) is 46.3 Å². The molecule has 2 heterocycles. The Bertz CT molecular complexity index is 666. The van der Waals surface area contributed by atoms with Gasteiger partial charge < -0.3 is 15.7 Å². The van der Waals surface area contributed by atoms with Gasteiger partial charge in [0.15, 0.2) is 5.82 Å². The number of pyridine rings is 1. The molecule has 2 rings (SSSR count). The summed E-state index contributed by atoms with van der Waals surface area (Å²) in [6.45, 7) is 6.69. The van der Waals surface area contributed by atoms with E-state index in [4.69, 9.17) is 0 Å². The zero-order chi connectivity index (χ0) is 17.5. The highest BCUT2D eigenvalue weighted by Crippen LogP contribution is 2.10. The molecule has 2 aromatic heterocycles. The van der Waals surface area contributed by atoms with Gasteiger partial charge in [-0.05, 0) is 44.4 Å². The molecule has 2 amide bonds. The first-order valence-electron chi connectivity index (χ1n) is 8.18. The van der Waals surface area contributed by atoms with Crippen LogP contribution in [-0.4, -0.2) is 38.6 Å². The van der Waals surface area contributed by atoms with Gasteiger partial charge in [-0.2, -0.15) is 5.10 Å². The minimum absolute atomic E-state index is 0.249. The molecule has 7 nitrogen and oxygen atoms in total. The van der Waals surface area contributed by atoms with Crippen molar-refractivity contribution in [1.82, 2.24) is 25.4 Å². The quantitative estimate of drug-likeness (QED) is 0.722. The molecule has 1 unspecified atom stereocenters. The Hall–Kier alpha value is -2.41. The van der Waals surface area contributed by atoms with Crippen LogP contribution in [0.15, 0.2) is 24.4 Å². The highest BCUT2D eigenvalue weighted by Gasteiger charge is 2.06. The van der Waals surface area contributed by atoms with Crippen LogP contribution in [0.3, 0.4) is 0 Å². The SMILES string of the molecule is CCC(O)CCNC(=O)NCc1ccc(-n2nc(C)cc2C)nc1. The molecule has 1 atom stereocenters. The van der Waals surface area contributed by atoms with E-state index in [9.17, 15) is 9.90 Å². The average molecular weight is 331 g/mol. The summed E-state index contributed by atoms with van der Waals surface area (Å²) in [6.07, 6.45) is 2.61. The fourth-order valence-electron chi connectivity index (χ4n) is 2.31. The second-order valence-corrected chi connectivity index (χ2v) is 5.82. The summed E-state index contributed by atoms with van der Waals surface area (Å²) >= 11 is 0. The molecule has 2 aromatic rings. The van der Waals surface area contributed by atoms with Gasteiger partial charge in [-0.25, -0.2) is 14.5 Å². The first-order chi connectivity index (χ1) is 11.5. The lowest BCUT2D eigenvalue weighted by atomic mass is 10.2. The van der Waals surface area contributed by atoms with Crippen LogP contribution in [0, 0.1) is 13.8 Å². The van der Waals surface area contributed by atoms with Gasteiger partial charge in [0.05, 0.1) is 11.8 Å². The number of aliphatic hydroxyl groups excluding tert-OH is 1. The Morgan fingerprint density at radius 1 is 1.33 bits per heavy atom. The van der Waals surface area contributed by atoms with E-state index in [1.165, 1.54) is 0 Å². The maximum absolute atomic E-state index is 11.7. The van der Waals surface area contributed by atoms with Crippen LogP contribution in [-0.2, 0) is 6.54 Å². The van der Waals surface area contributed by atoms with Crippen LogP contribution in [0.5, 0.6) is 0 Å². The van der Waals surface area contributed by atoms with Gasteiger partial charge >= 0.3 is 6.03 Å². The number of carbonyl (C=O) groups is 1. The van der Waals surface area contributed by atoms with Gasteiger partial charge in [-0.1, -0.05) is 13.0 Å². The fraction of sp³-hybridized carbons (Fsp3) is 0.471. The summed E-state index contributed by atoms with van der Waals surface area (Å²) in [7, 11) is 0. The molecule has 0 aliphatic rings. The molecule has 0 aliphatic carbocycles. The molecule has 0 aliphatic heterocycles. The van der Waals surface area contributed by atoms with Crippen LogP contribution in [0.4, 0.5) is 4.79 Å². The Labute approximate surface area is 142 Å². The molecule has 130 valence electrons. The molecule has 0 bridgehead atoms. The van der Waals surface area contributed by atoms with Crippen molar-refractivity contribution in [3.8, 4) is 5.82 Å². The van der Waals surface area contributed by atoms with Gasteiger partial charge in [0.1, 0.15) is 0 Å². The maximum Gasteiger partial charge on any atom is 0.315 e. The van der Waals surface area contributed by atoms with E-state index >= 15 is 0 Å². The van der Waals surface area contributed by atoms with E-state index in [0.717, 1.165) is 22.8 Å². The summed E-state index contributed by atoms with van der Waals surface area (Å²) in [5.41, 5.74) is 2.88. The average Bonchev–Trinajstić information content (AvgIpc) is 2.91. The predicted octanol–water partition coefficient (Wildman–Crippen LogP) is 1.84. The summed E-state index contributed by atoms with van der Waals surface area (Å²) in [6, 6.07) is 5.55. The van der Waals surface area contributed by atoms with Crippen molar-refractivity contribution in [3.63, 3.8) is 0 Å². The number of rotatable bonds is 7. The number of hydrogen-bond acceptors (Lipinski definition) is 4. The number of aliphatic hydroxyl groups is 1. The van der Waals surface area contributed by atoms with E-state index in [2.05, 4.69) is 20.7 Å². The predicted molar refractivity (Wildman–Crippen MR) is 92.0 cm³/mol. The second-order valence-electron chi connectivity index (χ2n) is 5.82. The largest absolute Gasteiger partial charge is 0.393 e. The van der Waals surface area contributed by atoms with Crippen molar-refractivity contribution < 1.29 is 9.90 Å². The highest BCUT2D eigenvalue weighted by molar-refractivity contribution is 5.73. The van der Waals surface area contributed by atoms with Crippen LogP contribution < -0.4 is 10.6 Å². The Kier molecular flexibility index (Phi) is 6.31. The normalized spacial score (nSPS) is 12.0. The number of urea groups is 1.